The molecule has 3 rings (SSSR count). The minimum absolute atomic E-state index is 0.114. The third kappa shape index (κ3) is 18.3. The van der Waals surface area contributed by atoms with Crippen LogP contribution in [0.4, 0.5) is 0 Å². The minimum atomic E-state index is -1.38. The summed E-state index contributed by atoms with van der Waals surface area (Å²) in [5, 5.41) is 14.5. The van der Waals surface area contributed by atoms with E-state index in [2.05, 4.69) is 36.9 Å². The van der Waals surface area contributed by atoms with E-state index < -0.39 is 122 Å². The second-order valence-corrected chi connectivity index (χ2v) is 15.9. The van der Waals surface area contributed by atoms with Gasteiger partial charge in [-0.1, -0.05) is 30.3 Å². The molecule has 1 aromatic rings. The summed E-state index contributed by atoms with van der Waals surface area (Å²) in [5.41, 5.74) is 23.2. The van der Waals surface area contributed by atoms with E-state index in [4.69, 9.17) is 22.9 Å². The summed E-state index contributed by atoms with van der Waals surface area (Å²) in [5.74, 6) is -6.93. The first-order valence-corrected chi connectivity index (χ1v) is 21.8. The number of primary amides is 1. The standard InChI is InChI=1S/C42H63N13O11/c1-47-36(61)24-51-37(62)30(21-33(44)58)52-35(60)16-14-26(56)22-49-34(59)15-13-27(57)23-50-38(63)31-11-6-19-55(31)41(66)29(10-5-17-48-42(45)46)53-39(64)32-12-7-18-54(32)40(65)28(43)20-25-8-3-2-4-9-25/h2-4,8-9,28-32H,5-7,10-24,43H2,1H3,(H2,44,58)(H,47,61)(H,49,59)(H,50,63)(H,51,62)(H,52,60)(H,53,64)(H4,45,46,48)/t28-,29+,30+,31+,32+/m1/s1. The van der Waals surface area contributed by atoms with Crippen LogP contribution in [0.25, 0.3) is 0 Å². The maximum absolute atomic E-state index is 14.1. The average molecular weight is 926 g/mol. The van der Waals surface area contributed by atoms with Crippen molar-refractivity contribution in [3.05, 3.63) is 35.9 Å². The molecule has 0 radical (unpaired) electrons. The molecule has 2 saturated heterocycles. The summed E-state index contributed by atoms with van der Waals surface area (Å²) in [6, 6.07) is 4.07. The van der Waals surface area contributed by atoms with Gasteiger partial charge in [-0.25, -0.2) is 0 Å². The summed E-state index contributed by atoms with van der Waals surface area (Å²) in [6.07, 6.45) is 0.471. The van der Waals surface area contributed by atoms with Crippen LogP contribution in [0.5, 0.6) is 0 Å². The number of nitrogens with zero attached hydrogens (tertiary/aromatic N) is 3. The first-order valence-electron chi connectivity index (χ1n) is 21.8. The van der Waals surface area contributed by atoms with Gasteiger partial charge in [0.25, 0.3) is 0 Å². The van der Waals surface area contributed by atoms with Crippen molar-refractivity contribution in [3.8, 4) is 0 Å². The molecule has 66 heavy (non-hydrogen) atoms. The zero-order valence-electron chi connectivity index (χ0n) is 37.1. The Balaban J connectivity index is 1.48. The number of nitrogens with two attached hydrogens (primary N) is 4. The third-order valence-corrected chi connectivity index (χ3v) is 10.8. The van der Waals surface area contributed by atoms with Crippen LogP contribution >= 0.6 is 0 Å². The number of hydrogen-bond donors (Lipinski definition) is 10. The molecule has 24 nitrogen and oxygen atoms in total. The molecule has 24 heteroatoms. The highest BCUT2D eigenvalue weighted by molar-refractivity contribution is 5.97. The van der Waals surface area contributed by atoms with Crippen molar-refractivity contribution in [2.24, 2.45) is 27.9 Å². The SMILES string of the molecule is CNC(=O)CNC(=O)[C@H](CC(N)=O)NC(=O)CCC(=O)CNC(=O)CCC(=O)CNC(=O)[C@@H]1CCCN1C(=O)[C@H](CCCN=C(N)N)NC(=O)[C@@H]1CCCN1C(=O)[C@H](N)Cc1ccccc1. The van der Waals surface area contributed by atoms with E-state index in [0.29, 0.717) is 32.2 Å². The lowest BCUT2D eigenvalue weighted by Gasteiger charge is -2.31. The number of carbonyl (C=O) groups is 11. The molecule has 0 aliphatic carbocycles. The van der Waals surface area contributed by atoms with Gasteiger partial charge in [0, 0.05) is 52.4 Å². The molecular formula is C42H63N13O11. The maximum atomic E-state index is 14.1. The quantitative estimate of drug-likeness (QED) is 0.0225. The van der Waals surface area contributed by atoms with Crippen LogP contribution in [0.1, 0.15) is 76.2 Å². The Morgan fingerprint density at radius 2 is 1.27 bits per heavy atom. The van der Waals surface area contributed by atoms with Crippen molar-refractivity contribution in [1.82, 2.24) is 41.7 Å². The van der Waals surface area contributed by atoms with E-state index in [9.17, 15) is 52.7 Å². The van der Waals surface area contributed by atoms with Gasteiger partial charge in [-0.3, -0.25) is 57.7 Å². The van der Waals surface area contributed by atoms with Gasteiger partial charge in [0.05, 0.1) is 32.1 Å². The number of rotatable bonds is 27. The molecule has 2 aliphatic rings. The van der Waals surface area contributed by atoms with Gasteiger partial charge in [-0.05, 0) is 50.5 Å². The molecule has 0 unspecified atom stereocenters. The lowest BCUT2D eigenvalue weighted by Crippen LogP contribution is -2.57. The molecule has 5 atom stereocenters. The minimum Gasteiger partial charge on any atom is -0.370 e. The predicted molar refractivity (Wildman–Crippen MR) is 237 cm³/mol. The second-order valence-electron chi connectivity index (χ2n) is 15.9. The number of Topliss-reactive ketones (excluding diaryl/α,β-unsaturated/α-hetero) is 2. The molecule has 0 bridgehead atoms. The van der Waals surface area contributed by atoms with Crippen LogP contribution in [0, 0.1) is 0 Å². The largest absolute Gasteiger partial charge is 0.370 e. The van der Waals surface area contributed by atoms with Gasteiger partial charge >= 0.3 is 0 Å². The number of nitrogens with one attached hydrogen (secondary N) is 6. The number of aliphatic imine (C=N–C) groups is 1. The molecule has 2 fully saturated rings. The van der Waals surface area contributed by atoms with E-state index in [1.54, 1.807) is 0 Å². The third-order valence-electron chi connectivity index (χ3n) is 10.8. The topological polar surface area (TPSA) is 383 Å². The van der Waals surface area contributed by atoms with Crippen LogP contribution in [0.15, 0.2) is 35.3 Å². The number of guanidine groups is 1. The fraction of sp³-hybridized carbons (Fsp3) is 0.571. The Morgan fingerprint density at radius 3 is 1.88 bits per heavy atom. The monoisotopic (exact) mass is 925 g/mol. The Kier molecular flexibility index (Phi) is 22.1. The summed E-state index contributed by atoms with van der Waals surface area (Å²) >= 11 is 0. The molecular weight excluding hydrogens is 863 g/mol. The van der Waals surface area contributed by atoms with Crippen LogP contribution in [-0.2, 0) is 59.2 Å². The summed E-state index contributed by atoms with van der Waals surface area (Å²) < 4.78 is 0. The van der Waals surface area contributed by atoms with Crippen LogP contribution in [-0.4, -0.2) is 157 Å². The first kappa shape index (κ1) is 53.4. The van der Waals surface area contributed by atoms with E-state index in [-0.39, 0.29) is 63.5 Å². The highest BCUT2D eigenvalue weighted by Gasteiger charge is 2.41. The van der Waals surface area contributed by atoms with Crippen LogP contribution in [0.2, 0.25) is 0 Å². The molecule has 1 aromatic carbocycles. The van der Waals surface area contributed by atoms with Crippen molar-refractivity contribution < 1.29 is 52.7 Å². The Hall–Kier alpha value is -6.98. The predicted octanol–water partition coefficient (Wildman–Crippen LogP) is -4.77. The number of ketones is 2. The number of likely N-dealkylation sites (tertiary alicyclic amines) is 2. The number of benzene rings is 1. The van der Waals surface area contributed by atoms with Crippen molar-refractivity contribution in [2.45, 2.75) is 107 Å². The smallest absolute Gasteiger partial charge is 0.245 e. The van der Waals surface area contributed by atoms with Gasteiger partial charge in [-0.15, -0.1) is 0 Å². The van der Waals surface area contributed by atoms with E-state index in [1.165, 1.54) is 16.8 Å². The average Bonchev–Trinajstić information content (AvgIpc) is 3.99. The van der Waals surface area contributed by atoms with Crippen molar-refractivity contribution in [1.29, 1.82) is 0 Å². The molecule has 362 valence electrons. The number of amides is 9. The zero-order valence-corrected chi connectivity index (χ0v) is 37.1. The van der Waals surface area contributed by atoms with Gasteiger partial charge in [0.15, 0.2) is 17.5 Å². The number of carbonyl (C=O) groups excluding carboxylic acids is 11. The second kappa shape index (κ2) is 27.4. The summed E-state index contributed by atoms with van der Waals surface area (Å²) in [7, 11) is 1.35. The normalized spacial score (nSPS) is 16.7. The van der Waals surface area contributed by atoms with Crippen LogP contribution in [0.3, 0.4) is 0 Å². The molecule has 9 amide bonds. The highest BCUT2D eigenvalue weighted by atomic mass is 16.2. The fourth-order valence-electron chi connectivity index (χ4n) is 7.33. The van der Waals surface area contributed by atoms with Crippen molar-refractivity contribution in [3.63, 3.8) is 0 Å². The maximum Gasteiger partial charge on any atom is 0.245 e. The molecule has 14 N–H and O–H groups in total. The Morgan fingerprint density at radius 1 is 0.682 bits per heavy atom. The van der Waals surface area contributed by atoms with Gasteiger partial charge in [0.1, 0.15) is 24.2 Å². The summed E-state index contributed by atoms with van der Waals surface area (Å²) in [4.78, 5) is 146. The molecule has 0 spiro atoms. The fourth-order valence-corrected chi connectivity index (χ4v) is 7.33. The molecule has 0 saturated carbocycles. The van der Waals surface area contributed by atoms with Gasteiger partial charge in [-0.2, -0.15) is 0 Å². The van der Waals surface area contributed by atoms with Crippen LogP contribution < -0.4 is 54.8 Å². The highest BCUT2D eigenvalue weighted by Crippen LogP contribution is 2.22. The van der Waals surface area contributed by atoms with E-state index >= 15 is 0 Å². The molecule has 2 heterocycles. The summed E-state index contributed by atoms with van der Waals surface area (Å²) in [6.45, 7) is -0.637. The number of hydrogen-bond acceptors (Lipinski definition) is 13. The van der Waals surface area contributed by atoms with Crippen molar-refractivity contribution >= 4 is 70.7 Å². The molecule has 0 aromatic heterocycles. The first-order chi connectivity index (χ1) is 31.4. The molecule has 2 aliphatic heterocycles. The lowest BCUT2D eigenvalue weighted by atomic mass is 10.0. The zero-order chi connectivity index (χ0) is 48.8. The number of likely N-dealkylation sites (N-methyl/N-ethyl adjacent to an activating group) is 1. The lowest BCUT2D eigenvalue weighted by molar-refractivity contribution is -0.143. The Labute approximate surface area is 381 Å². The van der Waals surface area contributed by atoms with E-state index in [0.717, 1.165) is 5.56 Å². The van der Waals surface area contributed by atoms with Crippen molar-refractivity contribution in [2.75, 3.05) is 46.3 Å². The Bertz CT molecular complexity index is 1960. The van der Waals surface area contributed by atoms with Gasteiger partial charge in [0.2, 0.25) is 53.2 Å². The van der Waals surface area contributed by atoms with Gasteiger partial charge < -0.3 is 64.6 Å². The van der Waals surface area contributed by atoms with E-state index in [1.807, 2.05) is 30.3 Å².